The van der Waals surface area contributed by atoms with Gasteiger partial charge in [0.25, 0.3) is 0 Å². The molecule has 1 aliphatic heterocycles. The van der Waals surface area contributed by atoms with E-state index in [-0.39, 0.29) is 11.8 Å². The number of hydrogen-bond acceptors (Lipinski definition) is 5. The van der Waals surface area contributed by atoms with E-state index in [1.165, 1.54) is 19.3 Å². The monoisotopic (exact) mass is 433 g/mol. The maximum absolute atomic E-state index is 12.8. The average molecular weight is 434 g/mol. The van der Waals surface area contributed by atoms with Crippen LogP contribution in [0.3, 0.4) is 0 Å². The highest BCUT2D eigenvalue weighted by atomic mass is 16.5. The molecule has 3 heterocycles. The van der Waals surface area contributed by atoms with Crippen LogP contribution in [0.5, 0.6) is 5.75 Å². The Morgan fingerprint density at radius 3 is 2.69 bits per heavy atom. The van der Waals surface area contributed by atoms with E-state index in [1.807, 2.05) is 35.0 Å². The van der Waals surface area contributed by atoms with Crippen molar-refractivity contribution in [3.8, 4) is 17.0 Å². The van der Waals surface area contributed by atoms with Gasteiger partial charge in [-0.3, -0.25) is 4.79 Å². The van der Waals surface area contributed by atoms with Crippen LogP contribution in [0.4, 0.5) is 5.82 Å². The molecule has 1 saturated carbocycles. The summed E-state index contributed by atoms with van der Waals surface area (Å²) in [6.07, 6.45) is 11.4. The summed E-state index contributed by atoms with van der Waals surface area (Å²) >= 11 is 0. The second kappa shape index (κ2) is 9.18. The Balaban J connectivity index is 1.29. The van der Waals surface area contributed by atoms with Gasteiger partial charge in [-0.2, -0.15) is 5.10 Å². The fraction of sp³-hybridized carbons (Fsp3) is 0.480. The molecule has 2 aliphatic rings. The smallest absolute Gasteiger partial charge is 0.223 e. The van der Waals surface area contributed by atoms with Crippen LogP contribution in [0.1, 0.15) is 44.9 Å². The highest BCUT2D eigenvalue weighted by molar-refractivity contribution is 5.80. The van der Waals surface area contributed by atoms with Gasteiger partial charge in [-0.1, -0.05) is 31.4 Å². The zero-order chi connectivity index (χ0) is 21.9. The molecule has 0 unspecified atom stereocenters. The largest absolute Gasteiger partial charge is 0.497 e. The van der Waals surface area contributed by atoms with E-state index in [2.05, 4.69) is 21.3 Å². The van der Waals surface area contributed by atoms with Gasteiger partial charge < -0.3 is 15.0 Å². The van der Waals surface area contributed by atoms with Gasteiger partial charge >= 0.3 is 0 Å². The molecule has 3 aromatic rings. The Kier molecular flexibility index (Phi) is 5.97. The molecule has 1 aromatic carbocycles. The van der Waals surface area contributed by atoms with E-state index in [1.54, 1.807) is 13.3 Å². The third-order valence-electron chi connectivity index (χ3n) is 6.85. The molecule has 2 fully saturated rings. The number of nitrogens with zero attached hydrogens (tertiary/aromatic N) is 4. The number of aromatic nitrogens is 3. The van der Waals surface area contributed by atoms with E-state index in [4.69, 9.17) is 9.84 Å². The molecule has 0 radical (unpaired) electrons. The summed E-state index contributed by atoms with van der Waals surface area (Å²) in [7, 11) is 1.67. The van der Waals surface area contributed by atoms with Gasteiger partial charge in [-0.05, 0) is 43.9 Å². The van der Waals surface area contributed by atoms with Crippen molar-refractivity contribution in [1.29, 1.82) is 0 Å². The van der Waals surface area contributed by atoms with E-state index in [0.29, 0.717) is 6.04 Å². The molecule has 7 heteroatoms. The molecule has 1 amide bonds. The van der Waals surface area contributed by atoms with Crippen molar-refractivity contribution in [1.82, 2.24) is 19.9 Å². The topological polar surface area (TPSA) is 71.8 Å². The summed E-state index contributed by atoms with van der Waals surface area (Å²) in [6.45, 7) is 1.66. The van der Waals surface area contributed by atoms with Crippen molar-refractivity contribution >= 4 is 17.2 Å². The molecule has 0 spiro atoms. The first-order chi connectivity index (χ1) is 15.7. The maximum atomic E-state index is 12.8. The van der Waals surface area contributed by atoms with Crippen LogP contribution in [0, 0.1) is 5.92 Å². The lowest BCUT2D eigenvalue weighted by atomic mass is 9.92. The Morgan fingerprint density at radius 2 is 1.91 bits per heavy atom. The number of ether oxygens (including phenoxy) is 1. The van der Waals surface area contributed by atoms with Crippen LogP contribution >= 0.6 is 0 Å². The lowest BCUT2D eigenvalue weighted by molar-refractivity contribution is -0.126. The van der Waals surface area contributed by atoms with Crippen molar-refractivity contribution in [2.24, 2.45) is 5.92 Å². The molecule has 1 N–H and O–H groups in total. The summed E-state index contributed by atoms with van der Waals surface area (Å²) in [5, 5.41) is 8.06. The van der Waals surface area contributed by atoms with Gasteiger partial charge in [0.1, 0.15) is 11.3 Å². The van der Waals surface area contributed by atoms with Crippen LogP contribution in [0.25, 0.3) is 16.8 Å². The van der Waals surface area contributed by atoms with E-state index in [0.717, 1.165) is 67.1 Å². The van der Waals surface area contributed by atoms with Gasteiger partial charge in [0.05, 0.1) is 12.8 Å². The first-order valence-electron chi connectivity index (χ1n) is 11.8. The molecule has 0 atom stereocenters. The van der Waals surface area contributed by atoms with Gasteiger partial charge in [0, 0.05) is 43.0 Å². The summed E-state index contributed by atoms with van der Waals surface area (Å²) in [6, 6.07) is 10.4. The number of carbonyl (C=O) groups excluding carboxylic acids is 1. The van der Waals surface area contributed by atoms with Crippen molar-refractivity contribution in [2.45, 2.75) is 51.0 Å². The zero-order valence-electron chi connectivity index (χ0n) is 18.7. The standard InChI is InChI=1S/C25H31N5O2/c1-32-21-9-5-6-19(16-21)22-17-23-24(26-12-15-30(23)28-22)29-13-10-18(11-14-29)25(31)27-20-7-3-2-4-8-20/h5-6,9,12,15-18,20H,2-4,7-8,10-11,13-14H2,1H3,(H,27,31). The molecule has 7 nitrogen and oxygen atoms in total. The third kappa shape index (κ3) is 4.29. The van der Waals surface area contributed by atoms with Crippen LogP contribution in [0.2, 0.25) is 0 Å². The van der Waals surface area contributed by atoms with Gasteiger partial charge in [0.2, 0.25) is 5.91 Å². The predicted octanol–water partition coefficient (Wildman–Crippen LogP) is 4.07. The zero-order valence-corrected chi connectivity index (χ0v) is 18.7. The van der Waals surface area contributed by atoms with E-state index < -0.39 is 0 Å². The van der Waals surface area contributed by atoms with Gasteiger partial charge in [-0.15, -0.1) is 0 Å². The highest BCUT2D eigenvalue weighted by Crippen LogP contribution is 2.30. The molecule has 168 valence electrons. The number of hydrogen-bond donors (Lipinski definition) is 1. The van der Waals surface area contributed by atoms with Crippen molar-refractivity contribution in [3.63, 3.8) is 0 Å². The van der Waals surface area contributed by atoms with Crippen LogP contribution in [0.15, 0.2) is 42.7 Å². The molecule has 1 aliphatic carbocycles. The first kappa shape index (κ1) is 20.8. The number of fused-ring (bicyclic) bond motifs is 1. The lowest BCUT2D eigenvalue weighted by Gasteiger charge is -2.33. The molecule has 32 heavy (non-hydrogen) atoms. The Morgan fingerprint density at radius 1 is 1.09 bits per heavy atom. The normalized spacial score (nSPS) is 18.1. The molecular formula is C25H31N5O2. The number of piperidine rings is 1. The minimum Gasteiger partial charge on any atom is -0.497 e. The number of carbonyl (C=O) groups is 1. The minimum absolute atomic E-state index is 0.102. The number of nitrogens with one attached hydrogen (secondary N) is 1. The quantitative estimate of drug-likeness (QED) is 0.657. The Bertz CT molecular complexity index is 1080. The number of rotatable bonds is 5. The molecule has 0 bridgehead atoms. The van der Waals surface area contributed by atoms with Crippen LogP contribution < -0.4 is 15.0 Å². The van der Waals surface area contributed by atoms with Crippen molar-refractivity contribution in [3.05, 3.63) is 42.7 Å². The second-order valence-corrected chi connectivity index (χ2v) is 8.95. The van der Waals surface area contributed by atoms with Gasteiger partial charge in [-0.25, -0.2) is 9.50 Å². The maximum Gasteiger partial charge on any atom is 0.223 e. The fourth-order valence-corrected chi connectivity index (χ4v) is 4.99. The summed E-state index contributed by atoms with van der Waals surface area (Å²) < 4.78 is 7.25. The van der Waals surface area contributed by atoms with Crippen LogP contribution in [-0.2, 0) is 4.79 Å². The molecule has 1 saturated heterocycles. The SMILES string of the molecule is COc1cccc(-c2cc3c(N4CCC(C(=O)NC5CCCCC5)CC4)nccn3n2)c1. The first-order valence-corrected chi connectivity index (χ1v) is 11.8. The highest BCUT2D eigenvalue weighted by Gasteiger charge is 2.28. The number of anilines is 1. The number of methoxy groups -OCH3 is 1. The van der Waals surface area contributed by atoms with Gasteiger partial charge in [0.15, 0.2) is 5.82 Å². The Labute approximate surface area is 188 Å². The average Bonchev–Trinajstić information content (AvgIpc) is 3.29. The fourth-order valence-electron chi connectivity index (χ4n) is 4.99. The summed E-state index contributed by atoms with van der Waals surface area (Å²) in [4.78, 5) is 19.7. The summed E-state index contributed by atoms with van der Waals surface area (Å²) in [5.74, 6) is 2.09. The lowest BCUT2D eigenvalue weighted by Crippen LogP contribution is -2.44. The second-order valence-electron chi connectivity index (χ2n) is 8.95. The number of amides is 1. The summed E-state index contributed by atoms with van der Waals surface area (Å²) in [5.41, 5.74) is 2.88. The minimum atomic E-state index is 0.102. The van der Waals surface area contributed by atoms with Crippen molar-refractivity contribution in [2.75, 3.05) is 25.1 Å². The van der Waals surface area contributed by atoms with E-state index in [9.17, 15) is 4.79 Å². The Hall–Kier alpha value is -3.09. The third-order valence-corrected chi connectivity index (χ3v) is 6.85. The van der Waals surface area contributed by atoms with Crippen LogP contribution in [-0.4, -0.2) is 46.7 Å². The molecule has 2 aromatic heterocycles. The van der Waals surface area contributed by atoms with E-state index >= 15 is 0 Å². The number of benzene rings is 1. The van der Waals surface area contributed by atoms with Crippen molar-refractivity contribution < 1.29 is 9.53 Å². The molecular weight excluding hydrogens is 402 g/mol. The molecule has 5 rings (SSSR count). The predicted molar refractivity (Wildman–Crippen MR) is 125 cm³/mol.